The van der Waals surface area contributed by atoms with E-state index in [0.29, 0.717) is 41.7 Å². The third-order valence-electron chi connectivity index (χ3n) is 8.58. The van der Waals surface area contributed by atoms with Crippen molar-refractivity contribution in [1.29, 1.82) is 0 Å². The average Bonchev–Trinajstić information content (AvgIpc) is 3.02. The molecule has 1 aliphatic heterocycles. The molecular weight excluding hydrogens is 613 g/mol. The van der Waals surface area contributed by atoms with Crippen molar-refractivity contribution in [3.63, 3.8) is 0 Å². The van der Waals surface area contributed by atoms with E-state index in [4.69, 9.17) is 37.4 Å². The van der Waals surface area contributed by atoms with Crippen LogP contribution in [0.3, 0.4) is 0 Å². The summed E-state index contributed by atoms with van der Waals surface area (Å²) in [7, 11) is 1.81. The molecule has 1 N–H and O–H groups in total. The standard InChI is InChI=1S/C34H47Cl2N5O4/c1-25(2)34(3,4)22-41(23-37-5)33(42)45-24-44-31-14-12-26-11-13-27(21-29(26)38-31)43-20-7-6-15-39-16-18-40(19-17-39)30-10-8-9-28(35)32(30)36/h8-14,21,25,37H,6-7,15-20,22-24H2,1-5H3. The molecule has 1 amide bonds. The molecular formula is C34H47Cl2N5O4. The number of benzene rings is 2. The fraction of sp³-hybridized carbons (Fsp3) is 0.529. The van der Waals surface area contributed by atoms with Gasteiger partial charge in [-0.25, -0.2) is 9.78 Å². The van der Waals surface area contributed by atoms with Crippen LogP contribution in [0.15, 0.2) is 48.5 Å². The Labute approximate surface area is 277 Å². The Morgan fingerprint density at radius 3 is 2.53 bits per heavy atom. The van der Waals surface area contributed by atoms with Crippen LogP contribution >= 0.6 is 23.2 Å². The third-order valence-corrected chi connectivity index (χ3v) is 9.39. The van der Waals surface area contributed by atoms with Gasteiger partial charge in [0.05, 0.1) is 34.5 Å². The summed E-state index contributed by atoms with van der Waals surface area (Å²) in [5, 5.41) is 5.24. The smallest absolute Gasteiger partial charge is 0.413 e. The maximum atomic E-state index is 12.7. The molecule has 2 aromatic carbocycles. The maximum absolute atomic E-state index is 12.7. The van der Waals surface area contributed by atoms with Crippen molar-refractivity contribution in [2.75, 3.05) is 71.3 Å². The summed E-state index contributed by atoms with van der Waals surface area (Å²) in [6.07, 6.45) is 1.58. The Morgan fingerprint density at radius 1 is 1.04 bits per heavy atom. The van der Waals surface area contributed by atoms with Gasteiger partial charge in [-0.3, -0.25) is 9.80 Å². The summed E-state index contributed by atoms with van der Waals surface area (Å²) in [5.74, 6) is 1.55. The van der Waals surface area contributed by atoms with Gasteiger partial charge in [-0.1, -0.05) is 57.0 Å². The van der Waals surface area contributed by atoms with E-state index in [9.17, 15) is 4.79 Å². The van der Waals surface area contributed by atoms with Gasteiger partial charge in [0.15, 0.2) is 0 Å². The number of aromatic nitrogens is 1. The topological polar surface area (TPSA) is 79.4 Å². The number of nitrogens with one attached hydrogen (secondary N) is 1. The van der Waals surface area contributed by atoms with Gasteiger partial charge in [-0.15, -0.1) is 0 Å². The number of pyridine rings is 1. The first kappa shape index (κ1) is 34.9. The van der Waals surface area contributed by atoms with E-state index >= 15 is 0 Å². The molecule has 11 heteroatoms. The van der Waals surface area contributed by atoms with E-state index in [0.717, 1.165) is 67.9 Å². The quantitative estimate of drug-likeness (QED) is 0.136. The monoisotopic (exact) mass is 659 g/mol. The van der Waals surface area contributed by atoms with Gasteiger partial charge < -0.3 is 24.4 Å². The number of nitrogens with zero attached hydrogens (tertiary/aromatic N) is 4. The first-order valence-corrected chi connectivity index (χ1v) is 16.5. The number of hydrogen-bond donors (Lipinski definition) is 1. The van der Waals surface area contributed by atoms with Gasteiger partial charge >= 0.3 is 6.09 Å². The number of anilines is 1. The van der Waals surface area contributed by atoms with Gasteiger partial charge in [-0.2, -0.15) is 0 Å². The Hall–Kier alpha value is -2.98. The van der Waals surface area contributed by atoms with Crippen molar-refractivity contribution in [3.8, 4) is 11.6 Å². The highest BCUT2D eigenvalue weighted by molar-refractivity contribution is 6.43. The summed E-state index contributed by atoms with van der Waals surface area (Å²) in [6, 6.07) is 15.4. The first-order valence-electron chi connectivity index (χ1n) is 15.7. The van der Waals surface area contributed by atoms with Crippen molar-refractivity contribution in [2.45, 2.75) is 40.5 Å². The highest BCUT2D eigenvalue weighted by Crippen LogP contribution is 2.33. The lowest BCUT2D eigenvalue weighted by Gasteiger charge is -2.36. The van der Waals surface area contributed by atoms with E-state index in [1.807, 2.05) is 42.5 Å². The van der Waals surface area contributed by atoms with Gasteiger partial charge in [0, 0.05) is 50.2 Å². The van der Waals surface area contributed by atoms with E-state index in [-0.39, 0.29) is 12.2 Å². The van der Waals surface area contributed by atoms with Crippen LogP contribution in [-0.2, 0) is 4.74 Å². The summed E-state index contributed by atoms with van der Waals surface area (Å²) in [4.78, 5) is 23.8. The lowest BCUT2D eigenvalue weighted by atomic mass is 9.81. The summed E-state index contributed by atoms with van der Waals surface area (Å²) in [6.45, 7) is 14.8. The molecule has 1 aromatic heterocycles. The first-order chi connectivity index (χ1) is 21.6. The fourth-order valence-electron chi connectivity index (χ4n) is 5.11. The molecule has 1 fully saturated rings. The minimum atomic E-state index is -0.431. The van der Waals surface area contributed by atoms with Crippen molar-refractivity contribution in [2.24, 2.45) is 11.3 Å². The second-order valence-corrected chi connectivity index (χ2v) is 13.3. The number of halogens is 2. The largest absolute Gasteiger partial charge is 0.494 e. The van der Waals surface area contributed by atoms with Crippen LogP contribution in [0.1, 0.15) is 40.5 Å². The van der Waals surface area contributed by atoms with E-state index in [1.165, 1.54) is 0 Å². The van der Waals surface area contributed by atoms with Crippen molar-refractivity contribution < 1.29 is 19.0 Å². The van der Waals surface area contributed by atoms with Crippen molar-refractivity contribution in [3.05, 3.63) is 58.6 Å². The fourth-order valence-corrected chi connectivity index (χ4v) is 5.52. The number of rotatable bonds is 15. The van der Waals surface area contributed by atoms with Gasteiger partial charge in [0.2, 0.25) is 12.7 Å². The Bertz CT molecular complexity index is 1400. The minimum Gasteiger partial charge on any atom is -0.494 e. The van der Waals surface area contributed by atoms with Crippen LogP contribution in [0.2, 0.25) is 10.0 Å². The molecule has 1 aliphatic rings. The maximum Gasteiger partial charge on any atom is 0.413 e. The third kappa shape index (κ3) is 10.0. The lowest BCUT2D eigenvalue weighted by Crippen LogP contribution is -2.46. The highest BCUT2D eigenvalue weighted by Gasteiger charge is 2.28. The van der Waals surface area contributed by atoms with Gasteiger partial charge in [0.25, 0.3) is 0 Å². The van der Waals surface area contributed by atoms with Crippen molar-refractivity contribution in [1.82, 2.24) is 20.1 Å². The second kappa shape index (κ2) is 16.5. The van der Waals surface area contributed by atoms with E-state index in [2.05, 4.69) is 47.8 Å². The zero-order valence-electron chi connectivity index (χ0n) is 27.2. The molecule has 0 spiro atoms. The molecule has 0 saturated carbocycles. The molecule has 0 unspecified atom stereocenters. The summed E-state index contributed by atoms with van der Waals surface area (Å²) < 4.78 is 17.1. The van der Waals surface area contributed by atoms with E-state index < -0.39 is 6.09 Å². The molecule has 0 bridgehead atoms. The lowest BCUT2D eigenvalue weighted by molar-refractivity contribution is 0.0214. The molecule has 0 radical (unpaired) electrons. The number of fused-ring (bicyclic) bond motifs is 1. The molecule has 1 saturated heterocycles. The predicted molar refractivity (Wildman–Crippen MR) is 183 cm³/mol. The summed E-state index contributed by atoms with van der Waals surface area (Å²) in [5.41, 5.74) is 1.71. The Balaban J connectivity index is 1.18. The number of carbonyl (C=O) groups excluding carboxylic acids is 1. The Morgan fingerprint density at radius 2 is 1.80 bits per heavy atom. The summed E-state index contributed by atoms with van der Waals surface area (Å²) >= 11 is 12.6. The van der Waals surface area contributed by atoms with Crippen LogP contribution in [0, 0.1) is 11.3 Å². The van der Waals surface area contributed by atoms with Gasteiger partial charge in [0.1, 0.15) is 5.75 Å². The van der Waals surface area contributed by atoms with Crippen LogP contribution < -0.4 is 19.7 Å². The second-order valence-electron chi connectivity index (χ2n) is 12.5. The average molecular weight is 661 g/mol. The normalized spacial score (nSPS) is 14.2. The molecule has 0 atom stereocenters. The number of amides is 1. The zero-order chi connectivity index (χ0) is 32.4. The molecule has 2 heterocycles. The molecule has 45 heavy (non-hydrogen) atoms. The van der Waals surface area contributed by atoms with Crippen LogP contribution in [0.5, 0.6) is 11.6 Å². The van der Waals surface area contributed by atoms with Crippen LogP contribution in [0.4, 0.5) is 10.5 Å². The molecule has 9 nitrogen and oxygen atoms in total. The van der Waals surface area contributed by atoms with Crippen LogP contribution in [-0.4, -0.2) is 87.3 Å². The number of carbonyl (C=O) groups is 1. The van der Waals surface area contributed by atoms with Gasteiger partial charge in [-0.05, 0) is 68.1 Å². The number of hydrogen-bond acceptors (Lipinski definition) is 8. The predicted octanol–water partition coefficient (Wildman–Crippen LogP) is 7.16. The molecule has 3 aromatic rings. The molecule has 246 valence electrons. The number of ether oxygens (including phenoxy) is 3. The number of piperazine rings is 1. The highest BCUT2D eigenvalue weighted by atomic mass is 35.5. The zero-order valence-corrected chi connectivity index (χ0v) is 28.7. The molecule has 0 aliphatic carbocycles. The number of unbranched alkanes of at least 4 members (excludes halogenated alkanes) is 1. The minimum absolute atomic E-state index is 0.0549. The Kier molecular flexibility index (Phi) is 12.8. The molecule has 4 rings (SSSR count). The van der Waals surface area contributed by atoms with E-state index in [1.54, 1.807) is 18.0 Å². The SMILES string of the molecule is CNCN(CC(C)(C)C(C)C)C(=O)OCOc1ccc2ccc(OCCCCN3CCN(c4cccc(Cl)c4Cl)CC3)cc2n1. The van der Waals surface area contributed by atoms with Crippen LogP contribution in [0.25, 0.3) is 10.9 Å². The van der Waals surface area contributed by atoms with Crippen molar-refractivity contribution >= 4 is 45.9 Å².